The van der Waals surface area contributed by atoms with Gasteiger partial charge in [0.1, 0.15) is 0 Å². The molecule has 1 rings (SSSR count). The van der Waals surface area contributed by atoms with E-state index in [9.17, 15) is 9.90 Å². The summed E-state index contributed by atoms with van der Waals surface area (Å²) in [5.41, 5.74) is 1.09. The highest BCUT2D eigenvalue weighted by molar-refractivity contribution is 5.89. The lowest BCUT2D eigenvalue weighted by atomic mass is 10.0. The molecule has 26 heavy (non-hydrogen) atoms. The molecule has 0 unspecified atom stereocenters. The SMILES string of the molecule is CCCCCCCCCCCC(=O)/C=C/CCc1ccc(O)c(OC)c1. The number of benzene rings is 1. The van der Waals surface area contributed by atoms with E-state index in [0.717, 1.165) is 24.8 Å². The van der Waals surface area contributed by atoms with Crippen LogP contribution in [0.15, 0.2) is 30.4 Å². The number of hydrogen-bond donors (Lipinski definition) is 1. The van der Waals surface area contributed by atoms with E-state index in [2.05, 4.69) is 6.92 Å². The Bertz CT molecular complexity index is 534. The van der Waals surface area contributed by atoms with Crippen molar-refractivity contribution in [1.29, 1.82) is 0 Å². The number of ketones is 1. The number of carbonyl (C=O) groups excluding carboxylic acids is 1. The second-order valence-electron chi connectivity index (χ2n) is 6.99. The second-order valence-corrected chi connectivity index (χ2v) is 6.99. The molecule has 0 saturated heterocycles. The van der Waals surface area contributed by atoms with Crippen molar-refractivity contribution in [2.45, 2.75) is 84.0 Å². The van der Waals surface area contributed by atoms with Crippen LogP contribution in [-0.2, 0) is 11.2 Å². The fraction of sp³-hybridized carbons (Fsp3) is 0.609. The first-order valence-corrected chi connectivity index (χ1v) is 10.2. The molecule has 1 aromatic rings. The van der Waals surface area contributed by atoms with Gasteiger partial charge < -0.3 is 9.84 Å². The summed E-state index contributed by atoms with van der Waals surface area (Å²) in [7, 11) is 1.55. The Balaban J connectivity index is 2.07. The minimum absolute atomic E-state index is 0.155. The lowest BCUT2D eigenvalue weighted by Crippen LogP contribution is -1.93. The van der Waals surface area contributed by atoms with Crippen LogP contribution in [0, 0.1) is 0 Å². The molecule has 0 amide bonds. The van der Waals surface area contributed by atoms with Gasteiger partial charge in [0.2, 0.25) is 0 Å². The summed E-state index contributed by atoms with van der Waals surface area (Å²) < 4.78 is 5.10. The van der Waals surface area contributed by atoms with Gasteiger partial charge in [-0.25, -0.2) is 0 Å². The van der Waals surface area contributed by atoms with Crippen LogP contribution in [0.4, 0.5) is 0 Å². The topological polar surface area (TPSA) is 46.5 Å². The fourth-order valence-corrected chi connectivity index (χ4v) is 3.04. The van der Waals surface area contributed by atoms with Crippen LogP contribution in [0.2, 0.25) is 0 Å². The van der Waals surface area contributed by atoms with Gasteiger partial charge in [-0.05, 0) is 43.0 Å². The molecule has 0 spiro atoms. The van der Waals surface area contributed by atoms with Crippen molar-refractivity contribution in [1.82, 2.24) is 0 Å². The molecular weight excluding hydrogens is 324 g/mol. The maximum absolute atomic E-state index is 11.9. The van der Waals surface area contributed by atoms with Gasteiger partial charge in [0.15, 0.2) is 17.3 Å². The number of aromatic hydroxyl groups is 1. The van der Waals surface area contributed by atoms with Crippen molar-refractivity contribution < 1.29 is 14.6 Å². The van der Waals surface area contributed by atoms with Crippen LogP contribution in [0.1, 0.15) is 83.1 Å². The molecule has 0 fully saturated rings. The third-order valence-corrected chi connectivity index (χ3v) is 4.67. The molecule has 0 aliphatic rings. The zero-order valence-corrected chi connectivity index (χ0v) is 16.6. The maximum Gasteiger partial charge on any atom is 0.160 e. The van der Waals surface area contributed by atoms with E-state index in [-0.39, 0.29) is 11.5 Å². The van der Waals surface area contributed by atoms with Crippen LogP contribution in [0.5, 0.6) is 11.5 Å². The first-order chi connectivity index (χ1) is 12.7. The molecule has 1 N–H and O–H groups in total. The summed E-state index contributed by atoms with van der Waals surface area (Å²) in [5, 5.41) is 9.58. The van der Waals surface area contributed by atoms with Crippen LogP contribution < -0.4 is 4.74 Å². The van der Waals surface area contributed by atoms with Gasteiger partial charge in [0, 0.05) is 6.42 Å². The minimum atomic E-state index is 0.155. The highest BCUT2D eigenvalue weighted by Crippen LogP contribution is 2.26. The van der Waals surface area contributed by atoms with Crippen molar-refractivity contribution in [3.05, 3.63) is 35.9 Å². The number of rotatable bonds is 15. The molecule has 0 bridgehead atoms. The number of hydrogen-bond acceptors (Lipinski definition) is 3. The Morgan fingerprint density at radius 1 is 1.04 bits per heavy atom. The molecular formula is C23H36O3. The smallest absolute Gasteiger partial charge is 0.160 e. The number of unbranched alkanes of at least 4 members (excludes halogenated alkanes) is 8. The standard InChI is InChI=1S/C23H36O3/c1-3-4-5-6-7-8-9-10-11-15-21(24)16-13-12-14-20-17-18-22(25)23(19-20)26-2/h13,16-19,25H,3-12,14-15H2,1-2H3/b16-13+. The number of ether oxygens (including phenoxy) is 1. The quantitative estimate of drug-likeness (QED) is 0.291. The Morgan fingerprint density at radius 2 is 1.69 bits per heavy atom. The van der Waals surface area contributed by atoms with Crippen LogP contribution >= 0.6 is 0 Å². The number of methoxy groups -OCH3 is 1. The van der Waals surface area contributed by atoms with Crippen LogP contribution in [0.3, 0.4) is 0 Å². The van der Waals surface area contributed by atoms with Gasteiger partial charge in [0.25, 0.3) is 0 Å². The van der Waals surface area contributed by atoms with E-state index in [1.165, 1.54) is 51.4 Å². The van der Waals surface area contributed by atoms with Gasteiger partial charge in [-0.15, -0.1) is 0 Å². The van der Waals surface area contributed by atoms with Gasteiger partial charge in [0.05, 0.1) is 7.11 Å². The number of aryl methyl sites for hydroxylation is 1. The maximum atomic E-state index is 11.9. The summed E-state index contributed by atoms with van der Waals surface area (Å²) in [5.74, 6) is 0.882. The van der Waals surface area contributed by atoms with Crippen molar-refractivity contribution in [3.8, 4) is 11.5 Å². The van der Waals surface area contributed by atoms with E-state index in [4.69, 9.17) is 4.74 Å². The normalized spacial score (nSPS) is 11.2. The summed E-state index contributed by atoms with van der Waals surface area (Å²) >= 11 is 0. The third kappa shape index (κ3) is 10.3. The average Bonchev–Trinajstić information content (AvgIpc) is 2.65. The predicted octanol–water partition coefficient (Wildman–Crippen LogP) is 6.38. The van der Waals surface area contributed by atoms with Gasteiger partial charge in [-0.2, -0.15) is 0 Å². The van der Waals surface area contributed by atoms with Crippen molar-refractivity contribution >= 4 is 5.78 Å². The molecule has 0 aliphatic carbocycles. The van der Waals surface area contributed by atoms with E-state index in [1.807, 2.05) is 18.2 Å². The zero-order chi connectivity index (χ0) is 19.0. The summed E-state index contributed by atoms with van der Waals surface area (Å²) in [6.45, 7) is 2.25. The van der Waals surface area contributed by atoms with Crippen molar-refractivity contribution in [2.24, 2.45) is 0 Å². The number of phenols is 1. The third-order valence-electron chi connectivity index (χ3n) is 4.67. The largest absolute Gasteiger partial charge is 0.504 e. The molecule has 3 nitrogen and oxygen atoms in total. The number of allylic oxidation sites excluding steroid dienone is 2. The zero-order valence-electron chi connectivity index (χ0n) is 16.6. The highest BCUT2D eigenvalue weighted by Gasteiger charge is 2.02. The molecule has 0 aromatic heterocycles. The highest BCUT2D eigenvalue weighted by atomic mass is 16.5. The number of carbonyl (C=O) groups is 1. The molecule has 0 atom stereocenters. The average molecular weight is 361 g/mol. The Hall–Kier alpha value is -1.77. The molecule has 0 saturated carbocycles. The molecule has 1 aromatic carbocycles. The molecule has 0 heterocycles. The molecule has 3 heteroatoms. The summed E-state index contributed by atoms with van der Waals surface area (Å²) in [6, 6.07) is 5.37. The van der Waals surface area contributed by atoms with Crippen LogP contribution in [-0.4, -0.2) is 18.0 Å². The first kappa shape index (κ1) is 22.3. The molecule has 0 aliphatic heterocycles. The Labute approximate surface area is 159 Å². The van der Waals surface area contributed by atoms with Gasteiger partial charge in [-0.3, -0.25) is 4.79 Å². The predicted molar refractivity (Wildman–Crippen MR) is 109 cm³/mol. The van der Waals surface area contributed by atoms with Gasteiger partial charge >= 0.3 is 0 Å². The first-order valence-electron chi connectivity index (χ1n) is 10.2. The van der Waals surface area contributed by atoms with Crippen molar-refractivity contribution in [2.75, 3.05) is 7.11 Å². The van der Waals surface area contributed by atoms with E-state index in [1.54, 1.807) is 19.3 Å². The lowest BCUT2D eigenvalue weighted by molar-refractivity contribution is -0.114. The molecule has 0 radical (unpaired) electrons. The summed E-state index contributed by atoms with van der Waals surface area (Å²) in [4.78, 5) is 11.9. The monoisotopic (exact) mass is 360 g/mol. The molecule has 146 valence electrons. The lowest BCUT2D eigenvalue weighted by Gasteiger charge is -2.05. The Morgan fingerprint density at radius 3 is 2.35 bits per heavy atom. The number of phenolic OH excluding ortho intramolecular Hbond substituents is 1. The second kappa shape index (κ2) is 14.4. The Kier molecular flexibility index (Phi) is 12.3. The van der Waals surface area contributed by atoms with Gasteiger partial charge in [-0.1, -0.05) is 70.4 Å². The van der Waals surface area contributed by atoms with Crippen molar-refractivity contribution in [3.63, 3.8) is 0 Å². The minimum Gasteiger partial charge on any atom is -0.504 e. The van der Waals surface area contributed by atoms with E-state index in [0.29, 0.717) is 12.2 Å². The van der Waals surface area contributed by atoms with Crippen LogP contribution in [0.25, 0.3) is 0 Å². The summed E-state index contributed by atoms with van der Waals surface area (Å²) in [6.07, 6.45) is 17.5. The van der Waals surface area contributed by atoms with E-state index < -0.39 is 0 Å². The van der Waals surface area contributed by atoms with E-state index >= 15 is 0 Å². The fourth-order valence-electron chi connectivity index (χ4n) is 3.04.